The van der Waals surface area contributed by atoms with Crippen LogP contribution in [0.4, 0.5) is 4.79 Å². The highest BCUT2D eigenvalue weighted by Crippen LogP contribution is 2.09. The van der Waals surface area contributed by atoms with E-state index in [-0.39, 0.29) is 18.9 Å². The summed E-state index contributed by atoms with van der Waals surface area (Å²) in [5, 5.41) is 15.0. The van der Waals surface area contributed by atoms with E-state index < -0.39 is 20.2 Å². The number of rotatable bonds is 14. The van der Waals surface area contributed by atoms with Crippen molar-refractivity contribution in [1.82, 2.24) is 35.1 Å². The van der Waals surface area contributed by atoms with Crippen LogP contribution in [0.25, 0.3) is 0 Å². The van der Waals surface area contributed by atoms with Crippen molar-refractivity contribution in [2.75, 3.05) is 6.61 Å². The third-order valence-corrected chi connectivity index (χ3v) is 7.14. The van der Waals surface area contributed by atoms with Gasteiger partial charge in [0, 0.05) is 27.1 Å². The quantitative estimate of drug-likeness (QED) is 0.257. The Balaban J connectivity index is 1.47. The van der Waals surface area contributed by atoms with Gasteiger partial charge in [-0.3, -0.25) is 4.79 Å². The molecule has 1 atom stereocenters. The average molecular weight is 514 g/mol. The molecule has 3 rings (SSSR count). The van der Waals surface area contributed by atoms with E-state index in [9.17, 15) is 9.59 Å². The molecule has 36 heavy (non-hydrogen) atoms. The molecule has 0 spiro atoms. The van der Waals surface area contributed by atoms with Crippen LogP contribution < -0.4 is 5.32 Å². The predicted octanol–water partition coefficient (Wildman–Crippen LogP) is 3.05. The van der Waals surface area contributed by atoms with Gasteiger partial charge in [0.25, 0.3) is 0 Å². The lowest BCUT2D eigenvalue weighted by Gasteiger charge is -2.16. The lowest BCUT2D eigenvalue weighted by atomic mass is 10.1. The molecule has 0 radical (unpaired) electrons. The number of carbonyl (C=O) groups excluding carboxylic acids is 2. The minimum atomic E-state index is -1.14. The summed E-state index contributed by atoms with van der Waals surface area (Å²) in [5.41, 5.74) is 0.866. The molecule has 0 bridgehead atoms. The molecule has 1 aromatic carbocycles. The zero-order chi connectivity index (χ0) is 26.0. The van der Waals surface area contributed by atoms with E-state index in [4.69, 9.17) is 9.47 Å². The van der Waals surface area contributed by atoms with E-state index in [1.54, 1.807) is 6.20 Å². The second-order valence-electron chi connectivity index (χ2n) is 9.71. The molecule has 0 saturated heterocycles. The van der Waals surface area contributed by atoms with Crippen LogP contribution >= 0.6 is 0 Å². The molecule has 194 valence electrons. The predicted molar refractivity (Wildman–Crippen MR) is 136 cm³/mol. The number of benzene rings is 1. The first-order valence-electron chi connectivity index (χ1n) is 12.1. The van der Waals surface area contributed by atoms with E-state index in [0.717, 1.165) is 24.0 Å². The van der Waals surface area contributed by atoms with Crippen LogP contribution in [-0.2, 0) is 40.6 Å². The largest absolute Gasteiger partial charge is 0.445 e. The Bertz CT molecular complexity index is 1110. The molecule has 3 aromatic rings. The van der Waals surface area contributed by atoms with E-state index in [1.165, 1.54) is 4.80 Å². The summed E-state index contributed by atoms with van der Waals surface area (Å²) < 4.78 is 12.9. The molecule has 0 saturated carbocycles. The van der Waals surface area contributed by atoms with Gasteiger partial charge in [0.2, 0.25) is 0 Å². The van der Waals surface area contributed by atoms with Crippen LogP contribution in [0.1, 0.15) is 30.6 Å². The number of amides is 1. The molecular formula is C24H35N7O4Si. The maximum absolute atomic E-state index is 12.7. The van der Waals surface area contributed by atoms with E-state index >= 15 is 0 Å². The van der Waals surface area contributed by atoms with Gasteiger partial charge in [0.1, 0.15) is 25.7 Å². The molecule has 0 aliphatic rings. The fraction of sp³-hybridized carbons (Fsp3) is 0.500. The van der Waals surface area contributed by atoms with Gasteiger partial charge in [-0.05, 0) is 23.2 Å². The number of tetrazole rings is 1. The minimum absolute atomic E-state index is 0.112. The number of carbonyl (C=O) groups is 2. The molecule has 12 heteroatoms. The highest BCUT2D eigenvalue weighted by atomic mass is 28.3. The SMILES string of the molecule is CCC(NC(=O)OCc1ccccc1)C(=O)Cn1nnc(Cc2nccn2COCC[Si](C)(C)C)n1. The first-order valence-corrected chi connectivity index (χ1v) is 15.8. The zero-order valence-corrected chi connectivity index (χ0v) is 22.4. The Hall–Kier alpha value is -3.38. The van der Waals surface area contributed by atoms with Crippen LogP contribution in [0.3, 0.4) is 0 Å². The second kappa shape index (κ2) is 13.1. The Morgan fingerprint density at radius 1 is 1.17 bits per heavy atom. The number of alkyl carbamates (subject to hydrolysis) is 1. The maximum Gasteiger partial charge on any atom is 0.408 e. The van der Waals surface area contributed by atoms with Gasteiger partial charge >= 0.3 is 6.09 Å². The number of ether oxygens (including phenoxy) is 2. The molecule has 1 unspecified atom stereocenters. The molecule has 1 N–H and O–H groups in total. The van der Waals surface area contributed by atoms with Crippen molar-refractivity contribution in [3.05, 3.63) is 59.9 Å². The number of hydrogen-bond acceptors (Lipinski definition) is 8. The minimum Gasteiger partial charge on any atom is -0.445 e. The van der Waals surface area contributed by atoms with Crippen molar-refractivity contribution in [1.29, 1.82) is 0 Å². The van der Waals surface area contributed by atoms with Gasteiger partial charge in [0.05, 0.1) is 12.5 Å². The highest BCUT2D eigenvalue weighted by Gasteiger charge is 2.21. The number of imidazole rings is 1. The van der Waals surface area contributed by atoms with E-state index in [1.807, 2.05) is 48.0 Å². The van der Waals surface area contributed by atoms with Crippen LogP contribution in [0.5, 0.6) is 0 Å². The first-order chi connectivity index (χ1) is 17.2. The normalized spacial score (nSPS) is 12.3. The number of ketones is 1. The van der Waals surface area contributed by atoms with Gasteiger partial charge in [-0.15, -0.1) is 10.2 Å². The molecule has 0 aliphatic carbocycles. The molecule has 2 heterocycles. The smallest absolute Gasteiger partial charge is 0.408 e. The molecule has 11 nitrogen and oxygen atoms in total. The fourth-order valence-electron chi connectivity index (χ4n) is 3.29. The fourth-order valence-corrected chi connectivity index (χ4v) is 4.05. The molecule has 0 fully saturated rings. The number of hydrogen-bond donors (Lipinski definition) is 1. The van der Waals surface area contributed by atoms with Crippen LogP contribution in [0.15, 0.2) is 42.7 Å². The summed E-state index contributed by atoms with van der Waals surface area (Å²) in [7, 11) is -1.14. The lowest BCUT2D eigenvalue weighted by molar-refractivity contribution is -0.122. The first kappa shape index (κ1) is 27.2. The van der Waals surface area contributed by atoms with Gasteiger partial charge in [-0.2, -0.15) is 4.80 Å². The number of nitrogens with zero attached hydrogens (tertiary/aromatic N) is 6. The molecule has 1 amide bonds. The summed E-state index contributed by atoms with van der Waals surface area (Å²) in [6.07, 6.45) is 3.69. The summed E-state index contributed by atoms with van der Waals surface area (Å²) >= 11 is 0. The van der Waals surface area contributed by atoms with Crippen LogP contribution in [-0.4, -0.2) is 62.4 Å². The topological polar surface area (TPSA) is 126 Å². The second-order valence-corrected chi connectivity index (χ2v) is 15.3. The summed E-state index contributed by atoms with van der Waals surface area (Å²) in [5.74, 6) is 0.958. The van der Waals surface area contributed by atoms with Gasteiger partial charge in [-0.25, -0.2) is 9.78 Å². The molecular weight excluding hydrogens is 478 g/mol. The Morgan fingerprint density at radius 2 is 1.94 bits per heavy atom. The van der Waals surface area contributed by atoms with Crippen molar-refractivity contribution < 1.29 is 19.1 Å². The van der Waals surface area contributed by atoms with Crippen LogP contribution in [0.2, 0.25) is 25.7 Å². The third kappa shape index (κ3) is 9.00. The highest BCUT2D eigenvalue weighted by molar-refractivity contribution is 6.76. The summed E-state index contributed by atoms with van der Waals surface area (Å²) in [6.45, 7) is 9.90. The molecule has 0 aliphatic heterocycles. The lowest BCUT2D eigenvalue weighted by Crippen LogP contribution is -2.42. The number of nitrogens with one attached hydrogen (secondary N) is 1. The zero-order valence-electron chi connectivity index (χ0n) is 21.4. The van der Waals surface area contributed by atoms with Crippen molar-refractivity contribution >= 4 is 20.0 Å². The summed E-state index contributed by atoms with van der Waals surface area (Å²) in [6, 6.07) is 9.72. The Morgan fingerprint density at radius 3 is 2.67 bits per heavy atom. The van der Waals surface area contributed by atoms with E-state index in [0.29, 0.717) is 25.4 Å². The van der Waals surface area contributed by atoms with Crippen molar-refractivity contribution in [3.8, 4) is 0 Å². The summed E-state index contributed by atoms with van der Waals surface area (Å²) in [4.78, 5) is 30.5. The third-order valence-electron chi connectivity index (χ3n) is 5.44. The van der Waals surface area contributed by atoms with Crippen molar-refractivity contribution in [3.63, 3.8) is 0 Å². The maximum atomic E-state index is 12.7. The van der Waals surface area contributed by atoms with Crippen molar-refractivity contribution in [2.45, 2.75) is 71.4 Å². The molecule has 2 aromatic heterocycles. The average Bonchev–Trinajstić information content (AvgIpc) is 3.48. The van der Waals surface area contributed by atoms with Crippen LogP contribution in [0, 0.1) is 0 Å². The number of Topliss-reactive ketones (excluding diaryl/α,β-unsaturated/α-hetero) is 1. The van der Waals surface area contributed by atoms with E-state index in [2.05, 4.69) is 45.4 Å². The van der Waals surface area contributed by atoms with Gasteiger partial charge in [0.15, 0.2) is 11.6 Å². The van der Waals surface area contributed by atoms with Gasteiger partial charge < -0.3 is 19.4 Å². The van der Waals surface area contributed by atoms with Crippen molar-refractivity contribution in [2.24, 2.45) is 0 Å². The Labute approximate surface area is 212 Å². The monoisotopic (exact) mass is 513 g/mol. The van der Waals surface area contributed by atoms with Gasteiger partial charge in [-0.1, -0.05) is 56.9 Å². The number of aromatic nitrogens is 6. The Kier molecular flexibility index (Phi) is 9.88. The standard InChI is InChI=1S/C24H35N7O4Si/c1-5-20(26-24(33)35-17-19-9-7-6-8-10-19)21(32)16-31-28-22(27-29-31)15-23-25-11-12-30(23)18-34-13-14-36(2,3)4/h6-12,20H,5,13-18H2,1-4H3,(H,26,33).